The zero-order valence-electron chi connectivity index (χ0n) is 14.6. The van der Waals surface area contributed by atoms with Gasteiger partial charge in [-0.1, -0.05) is 12.1 Å². The van der Waals surface area contributed by atoms with E-state index in [2.05, 4.69) is 15.5 Å². The van der Waals surface area contributed by atoms with E-state index in [9.17, 15) is 13.6 Å². The van der Waals surface area contributed by atoms with Gasteiger partial charge in [0.05, 0.1) is 18.5 Å². The Labute approximate surface area is 154 Å². The van der Waals surface area contributed by atoms with Gasteiger partial charge >= 0.3 is 0 Å². The van der Waals surface area contributed by atoms with Gasteiger partial charge in [-0.05, 0) is 37.1 Å². The summed E-state index contributed by atoms with van der Waals surface area (Å²) in [6.45, 7) is 0. The quantitative estimate of drug-likeness (QED) is 0.696. The summed E-state index contributed by atoms with van der Waals surface area (Å²) in [5.41, 5.74) is 2.57. The number of halogens is 2. The predicted molar refractivity (Wildman–Crippen MR) is 96.9 cm³/mol. The summed E-state index contributed by atoms with van der Waals surface area (Å²) in [4.78, 5) is 12.6. The molecule has 3 aromatic rings. The van der Waals surface area contributed by atoms with E-state index in [0.29, 0.717) is 17.1 Å². The van der Waals surface area contributed by atoms with Crippen LogP contribution in [0.2, 0.25) is 0 Å². The van der Waals surface area contributed by atoms with Crippen LogP contribution in [0.15, 0.2) is 42.5 Å². The van der Waals surface area contributed by atoms with Gasteiger partial charge in [-0.2, -0.15) is 5.10 Å². The normalized spacial score (nSPS) is 13.4. The molecular weight excluding hydrogens is 352 g/mol. The fourth-order valence-corrected chi connectivity index (χ4v) is 3.00. The molecule has 4 rings (SSSR count). The van der Waals surface area contributed by atoms with Gasteiger partial charge in [0.1, 0.15) is 23.1 Å². The molecule has 7 heteroatoms. The summed E-state index contributed by atoms with van der Waals surface area (Å²) in [6, 6.07) is 10.0. The second-order valence-electron chi connectivity index (χ2n) is 6.48. The topological polar surface area (TPSA) is 67.0 Å². The molecule has 1 aromatic heterocycles. The number of benzene rings is 2. The maximum Gasteiger partial charge on any atom is 0.255 e. The van der Waals surface area contributed by atoms with Crippen molar-refractivity contribution in [1.29, 1.82) is 0 Å². The summed E-state index contributed by atoms with van der Waals surface area (Å²) in [5.74, 6) is -1.25. The maximum absolute atomic E-state index is 13.5. The largest absolute Gasteiger partial charge is 0.497 e. The number of methoxy groups -OCH3 is 1. The molecule has 0 atom stereocenters. The Kier molecular flexibility index (Phi) is 4.35. The van der Waals surface area contributed by atoms with Crippen molar-refractivity contribution < 1.29 is 18.3 Å². The molecule has 0 spiro atoms. The van der Waals surface area contributed by atoms with E-state index in [-0.39, 0.29) is 11.5 Å². The number of ether oxygens (including phenoxy) is 1. The van der Waals surface area contributed by atoms with E-state index in [0.717, 1.165) is 42.3 Å². The van der Waals surface area contributed by atoms with Gasteiger partial charge in [0, 0.05) is 23.1 Å². The Morgan fingerprint density at radius 1 is 1.19 bits per heavy atom. The number of carbonyl (C=O) groups excluding carboxylic acids is 1. The summed E-state index contributed by atoms with van der Waals surface area (Å²) in [7, 11) is 1.57. The summed E-state index contributed by atoms with van der Waals surface area (Å²) >= 11 is 0. The maximum atomic E-state index is 13.5. The number of amides is 1. The second kappa shape index (κ2) is 6.83. The van der Waals surface area contributed by atoms with Crippen molar-refractivity contribution in [2.75, 3.05) is 12.4 Å². The Morgan fingerprint density at radius 2 is 1.93 bits per heavy atom. The van der Waals surface area contributed by atoms with Crippen LogP contribution in [-0.2, 0) is 0 Å². The molecule has 0 saturated heterocycles. The smallest absolute Gasteiger partial charge is 0.255 e. The molecule has 0 unspecified atom stereocenters. The van der Waals surface area contributed by atoms with Crippen LogP contribution in [-0.4, -0.2) is 23.2 Å². The van der Waals surface area contributed by atoms with Gasteiger partial charge in [0.2, 0.25) is 0 Å². The van der Waals surface area contributed by atoms with Gasteiger partial charge in [-0.3, -0.25) is 9.89 Å². The third-order valence-electron chi connectivity index (χ3n) is 4.49. The molecule has 2 aromatic carbocycles. The SMILES string of the molecule is COc1cccc(-c2n[nH]c(C3CC3)c2NC(=O)c2cc(F)cc(F)c2)c1. The van der Waals surface area contributed by atoms with Crippen LogP contribution in [0.1, 0.15) is 34.8 Å². The number of nitrogens with one attached hydrogen (secondary N) is 2. The van der Waals surface area contributed by atoms with Crippen molar-refractivity contribution in [3.63, 3.8) is 0 Å². The molecule has 0 radical (unpaired) electrons. The van der Waals surface area contributed by atoms with E-state index < -0.39 is 17.5 Å². The van der Waals surface area contributed by atoms with Gasteiger partial charge in [-0.15, -0.1) is 0 Å². The molecular formula is C20H17F2N3O2. The van der Waals surface area contributed by atoms with Crippen LogP contribution in [0.3, 0.4) is 0 Å². The zero-order chi connectivity index (χ0) is 19.0. The fraction of sp³-hybridized carbons (Fsp3) is 0.200. The summed E-state index contributed by atoms with van der Waals surface area (Å²) in [6.07, 6.45) is 1.99. The Hall–Kier alpha value is -3.22. The number of hydrogen-bond donors (Lipinski definition) is 2. The van der Waals surface area contributed by atoms with Crippen molar-refractivity contribution in [3.8, 4) is 17.0 Å². The Balaban J connectivity index is 1.72. The summed E-state index contributed by atoms with van der Waals surface area (Å²) < 4.78 is 32.2. The number of aromatic amines is 1. The van der Waals surface area contributed by atoms with Crippen LogP contribution in [0.5, 0.6) is 5.75 Å². The number of nitrogens with zero attached hydrogens (tertiary/aromatic N) is 1. The van der Waals surface area contributed by atoms with E-state index >= 15 is 0 Å². The third kappa shape index (κ3) is 3.53. The lowest BCUT2D eigenvalue weighted by Gasteiger charge is -2.09. The van der Waals surface area contributed by atoms with Gasteiger partial charge in [-0.25, -0.2) is 8.78 Å². The lowest BCUT2D eigenvalue weighted by atomic mass is 10.1. The number of hydrogen-bond acceptors (Lipinski definition) is 3. The Bertz CT molecular complexity index is 992. The summed E-state index contributed by atoms with van der Waals surface area (Å²) in [5, 5.41) is 10.1. The molecule has 1 saturated carbocycles. The molecule has 27 heavy (non-hydrogen) atoms. The van der Waals surface area contributed by atoms with Gasteiger partial charge < -0.3 is 10.1 Å². The van der Waals surface area contributed by atoms with E-state index in [1.54, 1.807) is 7.11 Å². The first kappa shape index (κ1) is 17.2. The molecule has 1 heterocycles. The second-order valence-corrected chi connectivity index (χ2v) is 6.48. The predicted octanol–water partition coefficient (Wildman–Crippen LogP) is 4.49. The van der Waals surface area contributed by atoms with E-state index in [1.807, 2.05) is 24.3 Å². The van der Waals surface area contributed by atoms with E-state index in [4.69, 9.17) is 4.74 Å². The molecule has 1 aliphatic carbocycles. The average molecular weight is 369 g/mol. The number of carbonyl (C=O) groups is 1. The van der Waals surface area contributed by atoms with Crippen LogP contribution in [0.25, 0.3) is 11.3 Å². The van der Waals surface area contributed by atoms with Crippen molar-refractivity contribution in [2.45, 2.75) is 18.8 Å². The molecule has 1 fully saturated rings. The van der Waals surface area contributed by atoms with Crippen LogP contribution >= 0.6 is 0 Å². The lowest BCUT2D eigenvalue weighted by Crippen LogP contribution is -2.14. The van der Waals surface area contributed by atoms with Crippen molar-refractivity contribution in [3.05, 3.63) is 65.4 Å². The van der Waals surface area contributed by atoms with Crippen LogP contribution in [0, 0.1) is 11.6 Å². The zero-order valence-corrected chi connectivity index (χ0v) is 14.6. The first-order valence-electron chi connectivity index (χ1n) is 8.55. The standard InChI is InChI=1S/C20H17F2N3O2/c1-27-16-4-2-3-12(9-16)18-19(17(24-25-18)11-5-6-11)23-20(26)13-7-14(21)10-15(22)8-13/h2-4,7-11H,5-6H2,1H3,(H,23,26)(H,24,25). The van der Waals surface area contributed by atoms with Crippen LogP contribution in [0.4, 0.5) is 14.5 Å². The highest BCUT2D eigenvalue weighted by Gasteiger charge is 2.31. The monoisotopic (exact) mass is 369 g/mol. The molecule has 1 aliphatic rings. The van der Waals surface area contributed by atoms with Crippen LogP contribution < -0.4 is 10.1 Å². The highest BCUT2D eigenvalue weighted by molar-refractivity contribution is 6.06. The molecule has 0 bridgehead atoms. The molecule has 0 aliphatic heterocycles. The minimum atomic E-state index is -0.803. The van der Waals surface area contributed by atoms with E-state index in [1.165, 1.54) is 0 Å². The average Bonchev–Trinajstić information content (AvgIpc) is 3.41. The molecule has 138 valence electrons. The Morgan fingerprint density at radius 3 is 2.59 bits per heavy atom. The molecule has 5 nitrogen and oxygen atoms in total. The van der Waals surface area contributed by atoms with Crippen molar-refractivity contribution in [2.24, 2.45) is 0 Å². The highest BCUT2D eigenvalue weighted by Crippen LogP contribution is 2.45. The minimum Gasteiger partial charge on any atom is -0.497 e. The van der Waals surface area contributed by atoms with Crippen molar-refractivity contribution in [1.82, 2.24) is 10.2 Å². The van der Waals surface area contributed by atoms with Gasteiger partial charge in [0.15, 0.2) is 0 Å². The lowest BCUT2D eigenvalue weighted by molar-refractivity contribution is 0.102. The fourth-order valence-electron chi connectivity index (χ4n) is 3.00. The highest BCUT2D eigenvalue weighted by atomic mass is 19.1. The number of H-pyrrole nitrogens is 1. The number of anilines is 1. The number of rotatable bonds is 5. The third-order valence-corrected chi connectivity index (χ3v) is 4.49. The minimum absolute atomic E-state index is 0.0907. The molecule has 2 N–H and O–H groups in total. The number of aromatic nitrogens is 2. The molecule has 1 amide bonds. The first-order chi connectivity index (χ1) is 13.0. The van der Waals surface area contributed by atoms with Gasteiger partial charge in [0.25, 0.3) is 5.91 Å². The van der Waals surface area contributed by atoms with Crippen molar-refractivity contribution >= 4 is 11.6 Å². The first-order valence-corrected chi connectivity index (χ1v) is 8.55.